The predicted octanol–water partition coefficient (Wildman–Crippen LogP) is 1.64. The number of hydrogen-bond acceptors (Lipinski definition) is 2. The highest BCUT2D eigenvalue weighted by Crippen LogP contribution is 2.26. The summed E-state index contributed by atoms with van der Waals surface area (Å²) in [6, 6.07) is 0.805. The van der Waals surface area contributed by atoms with Crippen LogP contribution in [0.3, 0.4) is 0 Å². The van der Waals surface area contributed by atoms with Gasteiger partial charge in [0.1, 0.15) is 0 Å². The topological polar surface area (TPSA) is 15.3 Å². The third-order valence-corrected chi connectivity index (χ3v) is 3.59. The van der Waals surface area contributed by atoms with E-state index in [0.717, 1.165) is 18.5 Å². The van der Waals surface area contributed by atoms with E-state index in [1.165, 1.54) is 38.9 Å². The van der Waals surface area contributed by atoms with Crippen LogP contribution in [-0.2, 0) is 0 Å². The molecule has 14 heavy (non-hydrogen) atoms. The van der Waals surface area contributed by atoms with Crippen LogP contribution in [0.25, 0.3) is 0 Å². The van der Waals surface area contributed by atoms with Crippen LogP contribution in [0.5, 0.6) is 0 Å². The van der Waals surface area contributed by atoms with Crippen LogP contribution < -0.4 is 5.32 Å². The highest BCUT2D eigenvalue weighted by Gasteiger charge is 2.33. The number of fused-ring (bicyclic) bond motifs is 2. The standard InChI is InChI=1S/C12H22N2/c1-2-3-4-7-13-12-6-9-14-8-5-11(12)10-14/h2-3,11-13H,4-10H2,1H3/b3-2+. The first-order chi connectivity index (χ1) is 6.90. The summed E-state index contributed by atoms with van der Waals surface area (Å²) in [7, 11) is 0. The number of nitrogens with zero attached hydrogens (tertiary/aromatic N) is 1. The fourth-order valence-corrected chi connectivity index (χ4v) is 2.74. The molecule has 1 N–H and O–H groups in total. The Morgan fingerprint density at radius 3 is 3.07 bits per heavy atom. The fourth-order valence-electron chi connectivity index (χ4n) is 2.74. The van der Waals surface area contributed by atoms with E-state index in [2.05, 4.69) is 29.3 Å². The minimum Gasteiger partial charge on any atom is -0.313 e. The SMILES string of the molecule is C/C=C/CCNC1CCN2CCC1C2. The zero-order valence-corrected chi connectivity index (χ0v) is 9.21. The van der Waals surface area contributed by atoms with Gasteiger partial charge in [-0.3, -0.25) is 0 Å². The molecule has 80 valence electrons. The summed E-state index contributed by atoms with van der Waals surface area (Å²) in [4.78, 5) is 2.61. The third kappa shape index (κ3) is 2.37. The van der Waals surface area contributed by atoms with E-state index in [1.54, 1.807) is 0 Å². The molecule has 2 heterocycles. The van der Waals surface area contributed by atoms with Gasteiger partial charge in [-0.1, -0.05) is 12.2 Å². The lowest BCUT2D eigenvalue weighted by atomic mass is 9.94. The van der Waals surface area contributed by atoms with Crippen molar-refractivity contribution >= 4 is 0 Å². The molecule has 0 aromatic heterocycles. The van der Waals surface area contributed by atoms with Crippen LogP contribution in [0, 0.1) is 5.92 Å². The van der Waals surface area contributed by atoms with Gasteiger partial charge < -0.3 is 10.2 Å². The minimum atomic E-state index is 0.805. The molecule has 2 heteroatoms. The molecule has 0 aliphatic carbocycles. The highest BCUT2D eigenvalue weighted by atomic mass is 15.2. The first-order valence-electron chi connectivity index (χ1n) is 5.97. The highest BCUT2D eigenvalue weighted by molar-refractivity contribution is 4.91. The second-order valence-electron chi connectivity index (χ2n) is 4.56. The maximum absolute atomic E-state index is 3.71. The second-order valence-corrected chi connectivity index (χ2v) is 4.56. The average molecular weight is 194 g/mol. The molecular formula is C12H22N2. The molecule has 0 radical (unpaired) electrons. The maximum Gasteiger partial charge on any atom is 0.0120 e. The van der Waals surface area contributed by atoms with Crippen molar-refractivity contribution in [2.45, 2.75) is 32.2 Å². The Labute approximate surface area is 87.4 Å². The number of nitrogens with one attached hydrogen (secondary N) is 1. The molecule has 3 atom stereocenters. The van der Waals surface area contributed by atoms with Gasteiger partial charge in [0.2, 0.25) is 0 Å². The number of piperidine rings is 1. The quantitative estimate of drug-likeness (QED) is 0.540. The van der Waals surface area contributed by atoms with Crippen molar-refractivity contribution in [2.24, 2.45) is 5.92 Å². The summed E-state index contributed by atoms with van der Waals surface area (Å²) in [5, 5.41) is 3.71. The van der Waals surface area contributed by atoms with Crippen LogP contribution in [-0.4, -0.2) is 37.1 Å². The lowest BCUT2D eigenvalue weighted by Crippen LogP contribution is -2.44. The Balaban J connectivity index is 1.70. The van der Waals surface area contributed by atoms with Crippen molar-refractivity contribution in [1.82, 2.24) is 10.2 Å². The lowest BCUT2D eigenvalue weighted by molar-refractivity contribution is 0.222. The molecule has 2 nitrogen and oxygen atoms in total. The fraction of sp³-hybridized carbons (Fsp3) is 0.833. The van der Waals surface area contributed by atoms with Crippen molar-refractivity contribution < 1.29 is 0 Å². The zero-order chi connectivity index (χ0) is 9.80. The minimum absolute atomic E-state index is 0.805. The first-order valence-corrected chi connectivity index (χ1v) is 5.97. The summed E-state index contributed by atoms with van der Waals surface area (Å²) in [5.74, 6) is 0.939. The zero-order valence-electron chi connectivity index (χ0n) is 9.21. The summed E-state index contributed by atoms with van der Waals surface area (Å²) in [5.41, 5.74) is 0. The van der Waals surface area contributed by atoms with E-state index in [1.807, 2.05) is 0 Å². The summed E-state index contributed by atoms with van der Waals surface area (Å²) < 4.78 is 0. The van der Waals surface area contributed by atoms with Crippen LogP contribution in [0.15, 0.2) is 12.2 Å². The molecule has 0 spiro atoms. The van der Waals surface area contributed by atoms with E-state index in [4.69, 9.17) is 0 Å². The average Bonchev–Trinajstić information content (AvgIpc) is 2.59. The molecular weight excluding hydrogens is 172 g/mol. The van der Waals surface area contributed by atoms with Crippen LogP contribution in [0.2, 0.25) is 0 Å². The van der Waals surface area contributed by atoms with Crippen molar-refractivity contribution in [3.05, 3.63) is 12.2 Å². The molecule has 0 aromatic rings. The summed E-state index contributed by atoms with van der Waals surface area (Å²) in [6.45, 7) is 7.26. The summed E-state index contributed by atoms with van der Waals surface area (Å²) in [6.07, 6.45) is 8.35. The van der Waals surface area contributed by atoms with Gasteiger partial charge in [0, 0.05) is 12.6 Å². The van der Waals surface area contributed by atoms with Gasteiger partial charge in [0.05, 0.1) is 0 Å². The van der Waals surface area contributed by atoms with E-state index in [0.29, 0.717) is 0 Å². The monoisotopic (exact) mass is 194 g/mol. The molecule has 0 amide bonds. The Bertz CT molecular complexity index is 200. The van der Waals surface area contributed by atoms with Gasteiger partial charge >= 0.3 is 0 Å². The van der Waals surface area contributed by atoms with Crippen molar-refractivity contribution in [1.29, 1.82) is 0 Å². The Kier molecular flexibility index (Phi) is 3.60. The smallest absolute Gasteiger partial charge is 0.0120 e. The van der Waals surface area contributed by atoms with Gasteiger partial charge in [0.15, 0.2) is 0 Å². The molecule has 2 aliphatic heterocycles. The normalized spacial score (nSPS) is 36.8. The second kappa shape index (κ2) is 4.94. The largest absolute Gasteiger partial charge is 0.313 e. The number of allylic oxidation sites excluding steroid dienone is 1. The molecule has 2 bridgehead atoms. The molecule has 2 fully saturated rings. The van der Waals surface area contributed by atoms with E-state index < -0.39 is 0 Å². The summed E-state index contributed by atoms with van der Waals surface area (Å²) >= 11 is 0. The van der Waals surface area contributed by atoms with E-state index in [-0.39, 0.29) is 0 Å². The lowest BCUT2D eigenvalue weighted by Gasteiger charge is -2.31. The molecule has 0 aromatic carbocycles. The van der Waals surface area contributed by atoms with Gasteiger partial charge in [-0.2, -0.15) is 0 Å². The van der Waals surface area contributed by atoms with Gasteiger partial charge in [-0.05, 0) is 51.7 Å². The molecule has 2 rings (SSSR count). The van der Waals surface area contributed by atoms with Gasteiger partial charge in [-0.15, -0.1) is 0 Å². The number of hydrogen-bond donors (Lipinski definition) is 1. The van der Waals surface area contributed by atoms with E-state index in [9.17, 15) is 0 Å². The van der Waals surface area contributed by atoms with Crippen LogP contribution in [0.1, 0.15) is 26.2 Å². The molecule has 3 unspecified atom stereocenters. The van der Waals surface area contributed by atoms with Crippen LogP contribution >= 0.6 is 0 Å². The maximum atomic E-state index is 3.71. The van der Waals surface area contributed by atoms with Crippen molar-refractivity contribution in [3.8, 4) is 0 Å². The van der Waals surface area contributed by atoms with Crippen LogP contribution in [0.4, 0.5) is 0 Å². The Morgan fingerprint density at radius 1 is 1.36 bits per heavy atom. The first kappa shape index (κ1) is 10.2. The van der Waals surface area contributed by atoms with Crippen molar-refractivity contribution in [3.63, 3.8) is 0 Å². The van der Waals surface area contributed by atoms with Gasteiger partial charge in [-0.25, -0.2) is 0 Å². The Morgan fingerprint density at radius 2 is 2.21 bits per heavy atom. The van der Waals surface area contributed by atoms with Crippen molar-refractivity contribution in [2.75, 3.05) is 26.2 Å². The van der Waals surface area contributed by atoms with Gasteiger partial charge in [0.25, 0.3) is 0 Å². The van der Waals surface area contributed by atoms with E-state index >= 15 is 0 Å². The molecule has 2 saturated heterocycles. The Hall–Kier alpha value is -0.340. The predicted molar refractivity (Wildman–Crippen MR) is 60.4 cm³/mol. The molecule has 2 aliphatic rings. The number of rotatable bonds is 4. The third-order valence-electron chi connectivity index (χ3n) is 3.59. The molecule has 0 saturated carbocycles.